The second kappa shape index (κ2) is 6.31. The number of nitrogens with zero attached hydrogens (tertiary/aromatic N) is 4. The van der Waals surface area contributed by atoms with Crippen molar-refractivity contribution in [2.45, 2.75) is 26.8 Å². The van der Waals surface area contributed by atoms with E-state index in [0.717, 1.165) is 24.2 Å². The van der Waals surface area contributed by atoms with Gasteiger partial charge >= 0.3 is 0 Å². The molecule has 2 heterocycles. The average Bonchev–Trinajstić information content (AvgIpc) is 2.74. The highest BCUT2D eigenvalue weighted by Gasteiger charge is 2.08. The standard InChI is InChI=1S/C13H19FN6/c1-4-5-15-13-17-7-11(14)12(18-13)16-6-10-8-20(3)19-9(10)2/h7-8H,4-6H2,1-3H3,(H2,15,16,17,18). The van der Waals surface area contributed by atoms with Crippen LogP contribution in [0.5, 0.6) is 0 Å². The number of rotatable bonds is 6. The molecule has 6 nitrogen and oxygen atoms in total. The van der Waals surface area contributed by atoms with Crippen LogP contribution in [0.15, 0.2) is 12.4 Å². The Kier molecular flexibility index (Phi) is 4.49. The molecule has 2 N–H and O–H groups in total. The molecule has 0 atom stereocenters. The van der Waals surface area contributed by atoms with Crippen molar-refractivity contribution in [2.75, 3.05) is 17.2 Å². The van der Waals surface area contributed by atoms with Gasteiger partial charge in [0.05, 0.1) is 11.9 Å². The first-order valence-electron chi connectivity index (χ1n) is 6.59. The molecule has 2 rings (SSSR count). The summed E-state index contributed by atoms with van der Waals surface area (Å²) in [7, 11) is 1.86. The predicted octanol–water partition coefficient (Wildman–Crippen LogP) is 2.09. The fourth-order valence-electron chi connectivity index (χ4n) is 1.81. The molecular formula is C13H19FN6. The first-order chi connectivity index (χ1) is 9.60. The smallest absolute Gasteiger partial charge is 0.224 e. The molecule has 0 aliphatic carbocycles. The Morgan fingerprint density at radius 1 is 1.35 bits per heavy atom. The molecule has 7 heteroatoms. The van der Waals surface area contributed by atoms with Gasteiger partial charge in [-0.25, -0.2) is 9.37 Å². The van der Waals surface area contributed by atoms with Crippen molar-refractivity contribution in [1.29, 1.82) is 0 Å². The number of anilines is 2. The maximum Gasteiger partial charge on any atom is 0.224 e. The Bertz CT molecular complexity index is 580. The first kappa shape index (κ1) is 14.2. The summed E-state index contributed by atoms with van der Waals surface area (Å²) in [6.07, 6.45) is 4.03. The van der Waals surface area contributed by atoms with Crippen LogP contribution in [0.4, 0.5) is 16.2 Å². The zero-order chi connectivity index (χ0) is 14.5. The lowest BCUT2D eigenvalue weighted by molar-refractivity contribution is 0.617. The summed E-state index contributed by atoms with van der Waals surface area (Å²) in [6.45, 7) is 5.19. The van der Waals surface area contributed by atoms with Crippen LogP contribution >= 0.6 is 0 Å². The fourth-order valence-corrected chi connectivity index (χ4v) is 1.81. The van der Waals surface area contributed by atoms with E-state index in [-0.39, 0.29) is 5.82 Å². The molecule has 0 fully saturated rings. The molecule has 20 heavy (non-hydrogen) atoms. The van der Waals surface area contributed by atoms with Crippen molar-refractivity contribution in [3.63, 3.8) is 0 Å². The third-order valence-electron chi connectivity index (χ3n) is 2.84. The van der Waals surface area contributed by atoms with E-state index in [1.165, 1.54) is 6.20 Å². The second-order valence-corrected chi connectivity index (χ2v) is 4.58. The summed E-state index contributed by atoms with van der Waals surface area (Å²) in [5, 5.41) is 10.3. The lowest BCUT2D eigenvalue weighted by atomic mass is 10.2. The summed E-state index contributed by atoms with van der Waals surface area (Å²) in [5.74, 6) is 0.161. The minimum Gasteiger partial charge on any atom is -0.363 e. The highest BCUT2D eigenvalue weighted by molar-refractivity contribution is 5.41. The number of aromatic nitrogens is 4. The summed E-state index contributed by atoms with van der Waals surface area (Å²) in [5.41, 5.74) is 1.92. The van der Waals surface area contributed by atoms with Crippen molar-refractivity contribution < 1.29 is 4.39 Å². The van der Waals surface area contributed by atoms with Gasteiger partial charge in [-0.15, -0.1) is 0 Å². The molecule has 0 saturated carbocycles. The Balaban J connectivity index is 2.06. The van der Waals surface area contributed by atoms with Crippen molar-refractivity contribution in [2.24, 2.45) is 7.05 Å². The number of nitrogens with one attached hydrogen (secondary N) is 2. The molecule has 0 spiro atoms. The molecule has 0 aliphatic heterocycles. The van der Waals surface area contributed by atoms with Crippen molar-refractivity contribution in [3.05, 3.63) is 29.5 Å². The number of halogens is 1. The third-order valence-corrected chi connectivity index (χ3v) is 2.84. The summed E-state index contributed by atoms with van der Waals surface area (Å²) in [4.78, 5) is 8.03. The average molecular weight is 278 g/mol. The van der Waals surface area contributed by atoms with Crippen LogP contribution in [0.3, 0.4) is 0 Å². The van der Waals surface area contributed by atoms with Gasteiger partial charge < -0.3 is 10.6 Å². The van der Waals surface area contributed by atoms with Gasteiger partial charge in [-0.05, 0) is 13.3 Å². The molecule has 0 aliphatic rings. The van der Waals surface area contributed by atoms with Crippen LogP contribution in [0, 0.1) is 12.7 Å². The second-order valence-electron chi connectivity index (χ2n) is 4.58. The summed E-state index contributed by atoms with van der Waals surface area (Å²) < 4.78 is 15.4. The van der Waals surface area contributed by atoms with E-state index in [4.69, 9.17) is 0 Å². The van der Waals surface area contributed by atoms with E-state index < -0.39 is 5.82 Å². The topological polar surface area (TPSA) is 67.7 Å². The number of hydrogen-bond acceptors (Lipinski definition) is 5. The monoisotopic (exact) mass is 278 g/mol. The van der Waals surface area contributed by atoms with Crippen molar-refractivity contribution in [3.8, 4) is 0 Å². The molecular weight excluding hydrogens is 259 g/mol. The molecule has 0 aromatic carbocycles. The van der Waals surface area contributed by atoms with Gasteiger partial charge in [0, 0.05) is 31.9 Å². The normalized spacial score (nSPS) is 10.6. The van der Waals surface area contributed by atoms with Crippen LogP contribution < -0.4 is 10.6 Å². The van der Waals surface area contributed by atoms with Crippen LogP contribution in [-0.4, -0.2) is 26.3 Å². The van der Waals surface area contributed by atoms with Gasteiger partial charge in [0.2, 0.25) is 5.95 Å². The highest BCUT2D eigenvalue weighted by Crippen LogP contribution is 2.14. The van der Waals surface area contributed by atoms with Crippen LogP contribution in [0.25, 0.3) is 0 Å². The van der Waals surface area contributed by atoms with E-state index in [1.54, 1.807) is 4.68 Å². The fraction of sp³-hybridized carbons (Fsp3) is 0.462. The molecule has 0 unspecified atom stereocenters. The van der Waals surface area contributed by atoms with Gasteiger partial charge in [0.15, 0.2) is 11.6 Å². The SMILES string of the molecule is CCCNc1ncc(F)c(NCc2cn(C)nc2C)n1. The van der Waals surface area contributed by atoms with E-state index in [2.05, 4.69) is 25.7 Å². The molecule has 0 bridgehead atoms. The molecule has 0 radical (unpaired) electrons. The zero-order valence-electron chi connectivity index (χ0n) is 11.9. The molecule has 108 valence electrons. The Morgan fingerprint density at radius 3 is 2.80 bits per heavy atom. The van der Waals surface area contributed by atoms with E-state index in [0.29, 0.717) is 12.5 Å². The largest absolute Gasteiger partial charge is 0.363 e. The van der Waals surface area contributed by atoms with Crippen LogP contribution in [0.1, 0.15) is 24.6 Å². The predicted molar refractivity (Wildman–Crippen MR) is 76.0 cm³/mol. The summed E-state index contributed by atoms with van der Waals surface area (Å²) >= 11 is 0. The van der Waals surface area contributed by atoms with Gasteiger partial charge in [-0.3, -0.25) is 4.68 Å². The van der Waals surface area contributed by atoms with E-state index >= 15 is 0 Å². The van der Waals surface area contributed by atoms with Gasteiger partial charge in [0.1, 0.15) is 0 Å². The maximum atomic E-state index is 13.7. The molecule has 0 amide bonds. The number of hydrogen-bond donors (Lipinski definition) is 2. The minimum atomic E-state index is -0.464. The van der Waals surface area contributed by atoms with Gasteiger partial charge in [-0.1, -0.05) is 6.92 Å². The minimum absolute atomic E-state index is 0.196. The lowest BCUT2D eigenvalue weighted by Crippen LogP contribution is -2.09. The zero-order valence-corrected chi connectivity index (χ0v) is 11.9. The summed E-state index contributed by atoms with van der Waals surface area (Å²) in [6, 6.07) is 0. The van der Waals surface area contributed by atoms with E-state index in [1.807, 2.05) is 27.1 Å². The van der Waals surface area contributed by atoms with Gasteiger partial charge in [0.25, 0.3) is 0 Å². The van der Waals surface area contributed by atoms with Crippen LogP contribution in [0.2, 0.25) is 0 Å². The molecule has 0 saturated heterocycles. The Morgan fingerprint density at radius 2 is 2.15 bits per heavy atom. The molecule has 2 aromatic heterocycles. The lowest BCUT2D eigenvalue weighted by Gasteiger charge is -2.08. The van der Waals surface area contributed by atoms with Crippen molar-refractivity contribution >= 4 is 11.8 Å². The highest BCUT2D eigenvalue weighted by atomic mass is 19.1. The van der Waals surface area contributed by atoms with Crippen molar-refractivity contribution in [1.82, 2.24) is 19.7 Å². The van der Waals surface area contributed by atoms with Crippen LogP contribution in [-0.2, 0) is 13.6 Å². The quantitative estimate of drug-likeness (QED) is 0.847. The van der Waals surface area contributed by atoms with Gasteiger partial charge in [-0.2, -0.15) is 10.1 Å². The number of aryl methyl sites for hydroxylation is 2. The Hall–Kier alpha value is -2.18. The van der Waals surface area contributed by atoms with E-state index in [9.17, 15) is 4.39 Å². The Labute approximate surface area is 117 Å². The first-order valence-corrected chi connectivity index (χ1v) is 6.59. The third kappa shape index (κ3) is 3.43. The molecule has 2 aromatic rings. The maximum absolute atomic E-state index is 13.7.